The lowest BCUT2D eigenvalue weighted by molar-refractivity contribution is -0.140. The summed E-state index contributed by atoms with van der Waals surface area (Å²) in [5.41, 5.74) is 2.81. The zero-order chi connectivity index (χ0) is 22.7. The molecule has 6 heteroatoms. The van der Waals surface area contributed by atoms with Gasteiger partial charge in [0.25, 0.3) is 0 Å². The Kier molecular flexibility index (Phi) is 6.80. The molecule has 6 nitrogen and oxygen atoms in total. The first-order chi connectivity index (χ1) is 15.5. The minimum absolute atomic E-state index is 0.0342. The Labute approximate surface area is 190 Å². The van der Waals surface area contributed by atoms with Crippen LogP contribution in [0.4, 0.5) is 5.69 Å². The van der Waals surface area contributed by atoms with E-state index in [1.165, 1.54) is 0 Å². The number of hydrogen-bond acceptors (Lipinski definition) is 4. The van der Waals surface area contributed by atoms with Crippen molar-refractivity contribution in [1.82, 2.24) is 4.90 Å². The van der Waals surface area contributed by atoms with Gasteiger partial charge in [-0.3, -0.25) is 9.59 Å². The first-order valence-electron chi connectivity index (χ1n) is 11.4. The lowest BCUT2D eigenvalue weighted by Crippen LogP contribution is -2.51. The van der Waals surface area contributed by atoms with Crippen molar-refractivity contribution in [3.05, 3.63) is 59.7 Å². The van der Waals surface area contributed by atoms with Crippen LogP contribution in [-0.4, -0.2) is 50.1 Å². The lowest BCUT2D eigenvalue weighted by atomic mass is 9.82. The number of carbonyl (C=O) groups excluding carboxylic acids is 2. The normalized spacial score (nSPS) is 22.2. The van der Waals surface area contributed by atoms with Crippen LogP contribution in [0.25, 0.3) is 0 Å². The highest BCUT2D eigenvalue weighted by atomic mass is 16.5. The van der Waals surface area contributed by atoms with E-state index in [1.54, 1.807) is 14.2 Å². The molecule has 4 rings (SSSR count). The molecule has 2 saturated heterocycles. The van der Waals surface area contributed by atoms with Crippen LogP contribution in [-0.2, 0) is 14.3 Å². The number of carbonyl (C=O) groups is 2. The predicted octanol–water partition coefficient (Wildman–Crippen LogP) is 4.13. The third kappa shape index (κ3) is 4.37. The maximum Gasteiger partial charge on any atom is 0.228 e. The first-order valence-corrected chi connectivity index (χ1v) is 11.4. The van der Waals surface area contributed by atoms with Gasteiger partial charge >= 0.3 is 0 Å². The van der Waals surface area contributed by atoms with E-state index in [-0.39, 0.29) is 23.8 Å². The molecule has 2 amide bonds. The monoisotopic (exact) mass is 436 g/mol. The van der Waals surface area contributed by atoms with Crippen molar-refractivity contribution < 1.29 is 19.1 Å². The van der Waals surface area contributed by atoms with Gasteiger partial charge < -0.3 is 19.3 Å². The number of rotatable bonds is 5. The number of hydrogen-bond donors (Lipinski definition) is 0. The van der Waals surface area contributed by atoms with Gasteiger partial charge in [0.15, 0.2) is 0 Å². The fourth-order valence-corrected chi connectivity index (χ4v) is 4.97. The number of methoxy groups -OCH3 is 2. The molecule has 2 atom stereocenters. The number of benzene rings is 2. The molecule has 2 fully saturated rings. The van der Waals surface area contributed by atoms with Gasteiger partial charge in [0.1, 0.15) is 5.75 Å². The van der Waals surface area contributed by atoms with Crippen molar-refractivity contribution in [3.8, 4) is 5.75 Å². The standard InChI is InChI=1S/C26H32N2O4/c1-18-8-10-19(11-9-18)28-24(29)13-12-22(25(28)21-6-4-5-7-23(21)32-3)26(30)27-16-14-20(31-2)15-17-27/h4-11,20,22,25H,12-17H2,1-3H3. The Morgan fingerprint density at radius 3 is 2.31 bits per heavy atom. The van der Waals surface area contributed by atoms with Crippen LogP contribution in [0.5, 0.6) is 5.75 Å². The molecule has 170 valence electrons. The zero-order valence-corrected chi connectivity index (χ0v) is 19.1. The third-order valence-corrected chi connectivity index (χ3v) is 6.77. The molecule has 2 aromatic carbocycles. The van der Waals surface area contributed by atoms with Crippen LogP contribution in [0.3, 0.4) is 0 Å². The van der Waals surface area contributed by atoms with Crippen LogP contribution in [0, 0.1) is 12.8 Å². The molecule has 0 aromatic heterocycles. The van der Waals surface area contributed by atoms with Crippen molar-refractivity contribution in [2.24, 2.45) is 5.92 Å². The van der Waals surface area contributed by atoms with E-state index in [0.29, 0.717) is 31.7 Å². The molecule has 0 N–H and O–H groups in total. The van der Waals surface area contributed by atoms with Gasteiger partial charge in [-0.15, -0.1) is 0 Å². The van der Waals surface area contributed by atoms with Gasteiger partial charge in [-0.05, 0) is 44.4 Å². The Bertz CT molecular complexity index is 951. The molecular formula is C26H32N2O4. The minimum atomic E-state index is -0.414. The van der Waals surface area contributed by atoms with Crippen LogP contribution >= 0.6 is 0 Å². The molecule has 2 heterocycles. The molecule has 0 spiro atoms. The molecule has 0 aliphatic carbocycles. The first kappa shape index (κ1) is 22.3. The van der Waals surface area contributed by atoms with E-state index in [2.05, 4.69) is 0 Å². The summed E-state index contributed by atoms with van der Waals surface area (Å²) in [7, 11) is 3.36. The van der Waals surface area contributed by atoms with Gasteiger partial charge in [-0.2, -0.15) is 0 Å². The SMILES string of the molecule is COc1ccccc1C1C(C(=O)N2CCC(OC)CC2)CCC(=O)N1c1ccc(C)cc1. The number of likely N-dealkylation sites (tertiary alicyclic amines) is 1. The zero-order valence-electron chi connectivity index (χ0n) is 19.1. The molecule has 0 radical (unpaired) electrons. The van der Waals surface area contributed by atoms with Crippen LogP contribution < -0.4 is 9.64 Å². The lowest BCUT2D eigenvalue weighted by Gasteiger charge is -2.43. The van der Waals surface area contributed by atoms with E-state index in [4.69, 9.17) is 9.47 Å². The Morgan fingerprint density at radius 2 is 1.66 bits per heavy atom. The molecule has 0 saturated carbocycles. The molecule has 2 aliphatic heterocycles. The molecule has 2 unspecified atom stereocenters. The van der Waals surface area contributed by atoms with Crippen molar-refractivity contribution >= 4 is 17.5 Å². The number of amides is 2. The summed E-state index contributed by atoms with van der Waals surface area (Å²) in [6.07, 6.45) is 2.78. The third-order valence-electron chi connectivity index (χ3n) is 6.77. The van der Waals surface area contributed by atoms with Gasteiger partial charge in [0.05, 0.1) is 25.2 Å². The summed E-state index contributed by atoms with van der Waals surface area (Å²) in [5, 5.41) is 0. The molecular weight excluding hydrogens is 404 g/mol. The number of ether oxygens (including phenoxy) is 2. The summed E-state index contributed by atoms with van der Waals surface area (Å²) in [6.45, 7) is 3.39. The average Bonchev–Trinajstić information content (AvgIpc) is 2.84. The Morgan fingerprint density at radius 1 is 0.969 bits per heavy atom. The topological polar surface area (TPSA) is 59.1 Å². The number of piperidine rings is 2. The summed E-state index contributed by atoms with van der Waals surface area (Å²) >= 11 is 0. The molecule has 2 aromatic rings. The Balaban J connectivity index is 1.73. The highest BCUT2D eigenvalue weighted by molar-refractivity contribution is 5.97. The molecule has 2 aliphatic rings. The summed E-state index contributed by atoms with van der Waals surface area (Å²) in [6, 6.07) is 15.2. The average molecular weight is 437 g/mol. The van der Waals surface area contributed by atoms with E-state index in [1.807, 2.05) is 65.3 Å². The van der Waals surface area contributed by atoms with Crippen molar-refractivity contribution in [1.29, 1.82) is 0 Å². The van der Waals surface area contributed by atoms with E-state index < -0.39 is 6.04 Å². The quantitative estimate of drug-likeness (QED) is 0.707. The Hall–Kier alpha value is -2.86. The smallest absolute Gasteiger partial charge is 0.228 e. The van der Waals surface area contributed by atoms with Gasteiger partial charge in [-0.25, -0.2) is 0 Å². The van der Waals surface area contributed by atoms with E-state index >= 15 is 0 Å². The number of aryl methyl sites for hydroxylation is 1. The fraction of sp³-hybridized carbons (Fsp3) is 0.462. The van der Waals surface area contributed by atoms with Crippen molar-refractivity contribution in [2.75, 3.05) is 32.2 Å². The largest absolute Gasteiger partial charge is 0.496 e. The summed E-state index contributed by atoms with van der Waals surface area (Å²) in [4.78, 5) is 30.8. The predicted molar refractivity (Wildman–Crippen MR) is 124 cm³/mol. The van der Waals surface area contributed by atoms with Crippen LogP contribution in [0.2, 0.25) is 0 Å². The van der Waals surface area contributed by atoms with Crippen molar-refractivity contribution in [3.63, 3.8) is 0 Å². The van der Waals surface area contributed by atoms with Gasteiger partial charge in [-0.1, -0.05) is 35.9 Å². The second-order valence-corrected chi connectivity index (χ2v) is 8.69. The number of para-hydroxylation sites is 1. The molecule has 0 bridgehead atoms. The van der Waals surface area contributed by atoms with Crippen molar-refractivity contribution in [2.45, 2.75) is 44.8 Å². The second-order valence-electron chi connectivity index (χ2n) is 8.69. The van der Waals surface area contributed by atoms with Gasteiger partial charge in [0.2, 0.25) is 11.8 Å². The number of nitrogens with zero attached hydrogens (tertiary/aromatic N) is 2. The highest BCUT2D eigenvalue weighted by Crippen LogP contribution is 2.44. The van der Waals surface area contributed by atoms with Gasteiger partial charge in [0, 0.05) is 37.9 Å². The molecule has 32 heavy (non-hydrogen) atoms. The summed E-state index contributed by atoms with van der Waals surface area (Å²) in [5.74, 6) is 0.511. The second kappa shape index (κ2) is 9.74. The van der Waals surface area contributed by atoms with E-state index in [0.717, 1.165) is 29.7 Å². The fourth-order valence-electron chi connectivity index (χ4n) is 4.97. The van der Waals surface area contributed by atoms with Crippen LogP contribution in [0.15, 0.2) is 48.5 Å². The highest BCUT2D eigenvalue weighted by Gasteiger charge is 2.44. The maximum atomic E-state index is 13.8. The number of anilines is 1. The van der Waals surface area contributed by atoms with E-state index in [9.17, 15) is 9.59 Å². The minimum Gasteiger partial charge on any atom is -0.496 e. The maximum absolute atomic E-state index is 13.8. The van der Waals surface area contributed by atoms with Crippen LogP contribution in [0.1, 0.15) is 42.9 Å². The summed E-state index contributed by atoms with van der Waals surface area (Å²) < 4.78 is 11.1.